The minimum absolute atomic E-state index is 0.212. The maximum Gasteiger partial charge on any atom is 0.302 e. The molecule has 0 spiro atoms. The van der Waals surface area contributed by atoms with Crippen LogP contribution < -0.4 is 0 Å². The summed E-state index contributed by atoms with van der Waals surface area (Å²) >= 11 is 0. The van der Waals surface area contributed by atoms with Gasteiger partial charge < -0.3 is 49.6 Å². The second-order valence-corrected chi connectivity index (χ2v) is 6.03. The van der Waals surface area contributed by atoms with Crippen LogP contribution in [0.2, 0.25) is 0 Å². The first kappa shape index (κ1) is 20.4. The van der Waals surface area contributed by atoms with Crippen molar-refractivity contribution < 1.29 is 54.4 Å². The molecule has 11 nitrogen and oxygen atoms in total. The van der Waals surface area contributed by atoms with E-state index in [1.54, 1.807) is 0 Å². The summed E-state index contributed by atoms with van der Waals surface area (Å²) in [7, 11) is 0. The predicted octanol–water partition coefficient (Wildman–Crippen LogP) is -4.14. The number of aliphatic hydroxyl groups is 6. The van der Waals surface area contributed by atoms with E-state index >= 15 is 0 Å². The lowest BCUT2D eigenvalue weighted by Gasteiger charge is -2.44. The van der Waals surface area contributed by atoms with E-state index in [-0.39, 0.29) is 6.61 Å². The lowest BCUT2D eigenvalue weighted by molar-refractivity contribution is -0.336. The molecule has 2 heterocycles. The molecule has 0 bridgehead atoms. The van der Waals surface area contributed by atoms with E-state index in [1.165, 1.54) is 0 Å². The van der Waals surface area contributed by atoms with Gasteiger partial charge in [0.15, 0.2) is 6.29 Å². The third-order valence-corrected chi connectivity index (χ3v) is 4.17. The van der Waals surface area contributed by atoms with Gasteiger partial charge in [-0.2, -0.15) is 0 Å². The Kier molecular flexibility index (Phi) is 7.08. The third-order valence-electron chi connectivity index (χ3n) is 4.17. The van der Waals surface area contributed by atoms with Crippen molar-refractivity contribution in [1.29, 1.82) is 0 Å². The molecule has 11 heteroatoms. The van der Waals surface area contributed by atoms with Gasteiger partial charge in [0.1, 0.15) is 55.4 Å². The molecule has 0 aromatic heterocycles. The highest BCUT2D eigenvalue weighted by molar-refractivity contribution is 5.65. The highest BCUT2D eigenvalue weighted by Gasteiger charge is 2.48. The van der Waals surface area contributed by atoms with Gasteiger partial charge in [-0.05, 0) is 0 Å². The number of hydrogen-bond acceptors (Lipinski definition) is 11. The van der Waals surface area contributed by atoms with Crippen LogP contribution in [0.5, 0.6) is 0 Å². The van der Waals surface area contributed by atoms with E-state index in [4.69, 9.17) is 18.9 Å². The Labute approximate surface area is 143 Å². The Bertz CT molecular complexity index is 444. The van der Waals surface area contributed by atoms with Gasteiger partial charge >= 0.3 is 5.97 Å². The molecule has 2 aliphatic heterocycles. The monoisotopic (exact) mass is 368 g/mol. The number of carbonyl (C=O) groups excluding carboxylic acids is 1. The third kappa shape index (κ3) is 4.64. The molecule has 0 saturated carbocycles. The number of rotatable bonds is 5. The van der Waals surface area contributed by atoms with Crippen LogP contribution in [-0.2, 0) is 23.7 Å². The van der Waals surface area contributed by atoms with E-state index in [9.17, 15) is 35.4 Å². The molecule has 0 amide bonds. The molecule has 6 unspecified atom stereocenters. The molecule has 6 N–H and O–H groups in total. The van der Waals surface area contributed by atoms with Crippen molar-refractivity contribution >= 4 is 5.97 Å². The van der Waals surface area contributed by atoms with Crippen LogP contribution in [0.1, 0.15) is 6.92 Å². The largest absolute Gasteiger partial charge is 0.463 e. The highest BCUT2D eigenvalue weighted by Crippen LogP contribution is 2.27. The minimum Gasteiger partial charge on any atom is -0.463 e. The van der Waals surface area contributed by atoms with Gasteiger partial charge in [-0.1, -0.05) is 0 Å². The number of aliphatic hydroxyl groups excluding tert-OH is 6. The fraction of sp³-hybridized carbons (Fsp3) is 0.929. The average Bonchev–Trinajstić information content (AvgIpc) is 2.58. The first-order chi connectivity index (χ1) is 11.8. The van der Waals surface area contributed by atoms with Crippen molar-refractivity contribution in [2.75, 3.05) is 19.8 Å². The summed E-state index contributed by atoms with van der Waals surface area (Å²) in [4.78, 5) is 10.9. The molecule has 0 radical (unpaired) electrons. The molecule has 2 aliphatic rings. The highest BCUT2D eigenvalue weighted by atomic mass is 16.7. The van der Waals surface area contributed by atoms with Crippen molar-refractivity contribution in [2.24, 2.45) is 0 Å². The van der Waals surface area contributed by atoms with Crippen LogP contribution in [0.25, 0.3) is 0 Å². The van der Waals surface area contributed by atoms with Crippen molar-refractivity contribution in [3.05, 3.63) is 0 Å². The van der Waals surface area contributed by atoms with Crippen LogP contribution >= 0.6 is 0 Å². The minimum atomic E-state index is -1.69. The normalized spacial score (nSPS) is 45.2. The molecule has 9 atom stereocenters. The molecule has 2 saturated heterocycles. The molecular weight excluding hydrogens is 344 g/mol. The van der Waals surface area contributed by atoms with Crippen molar-refractivity contribution in [3.63, 3.8) is 0 Å². The van der Waals surface area contributed by atoms with Gasteiger partial charge in [0, 0.05) is 6.92 Å². The number of esters is 1. The average molecular weight is 368 g/mol. The summed E-state index contributed by atoms with van der Waals surface area (Å²) in [5.41, 5.74) is 0. The van der Waals surface area contributed by atoms with Crippen molar-refractivity contribution in [1.82, 2.24) is 0 Å². The van der Waals surface area contributed by atoms with Crippen LogP contribution in [0.3, 0.4) is 0 Å². The topological polar surface area (TPSA) is 175 Å². The second-order valence-electron chi connectivity index (χ2n) is 6.03. The molecule has 0 aliphatic carbocycles. The van der Waals surface area contributed by atoms with Crippen molar-refractivity contribution in [2.45, 2.75) is 62.0 Å². The Morgan fingerprint density at radius 2 is 1.72 bits per heavy atom. The molecule has 25 heavy (non-hydrogen) atoms. The first-order valence-corrected chi connectivity index (χ1v) is 7.83. The van der Waals surface area contributed by atoms with Gasteiger partial charge in [-0.25, -0.2) is 0 Å². The molecule has 0 aromatic rings. The van der Waals surface area contributed by atoms with Gasteiger partial charge in [-0.15, -0.1) is 0 Å². The first-order valence-electron chi connectivity index (χ1n) is 7.83. The van der Waals surface area contributed by atoms with Crippen LogP contribution in [0.4, 0.5) is 0 Å². The van der Waals surface area contributed by atoms with E-state index in [0.717, 1.165) is 6.92 Å². The molecular formula is C14H24O11. The van der Waals surface area contributed by atoms with Crippen LogP contribution in [-0.4, -0.2) is 112 Å². The van der Waals surface area contributed by atoms with Crippen molar-refractivity contribution in [3.8, 4) is 0 Å². The molecule has 2 fully saturated rings. The summed E-state index contributed by atoms with van der Waals surface area (Å²) < 4.78 is 20.6. The lowest BCUT2D eigenvalue weighted by atomic mass is 9.97. The fourth-order valence-electron chi connectivity index (χ4n) is 2.70. The predicted molar refractivity (Wildman–Crippen MR) is 77.0 cm³/mol. The molecule has 0 aromatic carbocycles. The summed E-state index contributed by atoms with van der Waals surface area (Å²) in [6.45, 7) is 0.0173. The fourth-order valence-corrected chi connectivity index (χ4v) is 2.70. The Morgan fingerprint density at radius 1 is 1.04 bits per heavy atom. The zero-order valence-electron chi connectivity index (χ0n) is 13.5. The van der Waals surface area contributed by atoms with E-state index in [2.05, 4.69) is 0 Å². The summed E-state index contributed by atoms with van der Waals surface area (Å²) in [5, 5.41) is 58.9. The van der Waals surface area contributed by atoms with E-state index in [1.807, 2.05) is 0 Å². The maximum absolute atomic E-state index is 10.9. The second kappa shape index (κ2) is 8.66. The summed E-state index contributed by atoms with van der Waals surface area (Å²) in [6, 6.07) is 0. The quantitative estimate of drug-likeness (QED) is 0.260. The van der Waals surface area contributed by atoms with Gasteiger partial charge in [0.05, 0.1) is 13.2 Å². The van der Waals surface area contributed by atoms with Crippen LogP contribution in [0.15, 0.2) is 0 Å². The number of ether oxygens (including phenoxy) is 4. The van der Waals surface area contributed by atoms with E-state index < -0.39 is 74.3 Å². The molecule has 2 rings (SSSR count). The summed E-state index contributed by atoms with van der Waals surface area (Å²) in [5.74, 6) is -0.631. The standard InChI is InChI=1S/C14H24O11/c1-5(16)22-4-8-10(19)11(20)12(21)14(24-8)25-13-7(2-15)23-3-6(17)9(13)18/h6-15,17-21H,2-4H2,1H3/t6?,7?,8?,9?,10-,11?,12?,13+,14-/m0/s1. The van der Waals surface area contributed by atoms with Crippen LogP contribution in [0, 0.1) is 0 Å². The Balaban J connectivity index is 2.08. The van der Waals surface area contributed by atoms with Gasteiger partial charge in [0.25, 0.3) is 0 Å². The molecule has 146 valence electrons. The Hall–Kier alpha value is -0.890. The van der Waals surface area contributed by atoms with E-state index in [0.29, 0.717) is 0 Å². The maximum atomic E-state index is 10.9. The zero-order valence-corrected chi connectivity index (χ0v) is 13.5. The Morgan fingerprint density at radius 3 is 2.32 bits per heavy atom. The number of hydrogen-bond donors (Lipinski definition) is 6. The zero-order chi connectivity index (χ0) is 18.7. The van der Waals surface area contributed by atoms with Gasteiger partial charge in [0.2, 0.25) is 0 Å². The summed E-state index contributed by atoms with van der Waals surface area (Å²) in [6.07, 6.45) is -12.6. The van der Waals surface area contributed by atoms with Gasteiger partial charge in [-0.3, -0.25) is 4.79 Å². The number of carbonyl (C=O) groups is 1. The lowest BCUT2D eigenvalue weighted by Crippen LogP contribution is -2.63. The SMILES string of the molecule is CC(=O)OCC1O[C@@H](O[C@@H]2C(CO)OCC(O)C2O)C(O)C(O)[C@H]1O. The smallest absolute Gasteiger partial charge is 0.302 e.